The van der Waals surface area contributed by atoms with Gasteiger partial charge >= 0.3 is 0 Å². The number of hydrogen-bond donors (Lipinski definition) is 2. The number of hydrazine groups is 1. The van der Waals surface area contributed by atoms with Crippen LogP contribution in [0.1, 0.15) is 20.7 Å². The van der Waals surface area contributed by atoms with Crippen LogP contribution in [0.2, 0.25) is 10.0 Å². The summed E-state index contributed by atoms with van der Waals surface area (Å²) in [6.07, 6.45) is 2.61. The molecule has 0 aliphatic rings. The fourth-order valence-electron chi connectivity index (χ4n) is 1.32. The van der Waals surface area contributed by atoms with E-state index in [0.29, 0.717) is 5.02 Å². The van der Waals surface area contributed by atoms with Gasteiger partial charge in [-0.25, -0.2) is 0 Å². The lowest BCUT2D eigenvalue weighted by Gasteiger charge is -2.07. The lowest BCUT2D eigenvalue weighted by atomic mass is 10.2. The molecule has 1 aromatic carbocycles. The highest BCUT2D eigenvalue weighted by Crippen LogP contribution is 2.20. The summed E-state index contributed by atoms with van der Waals surface area (Å²) in [7, 11) is 0. The summed E-state index contributed by atoms with van der Waals surface area (Å²) in [5.74, 6) is -1.07. The zero-order chi connectivity index (χ0) is 13.8. The summed E-state index contributed by atoms with van der Waals surface area (Å²) < 4.78 is 4.75. The van der Waals surface area contributed by atoms with E-state index < -0.39 is 11.8 Å². The molecule has 2 N–H and O–H groups in total. The lowest BCUT2D eigenvalue weighted by molar-refractivity contribution is 0.0846. The number of hydrogen-bond acceptors (Lipinski definition) is 3. The van der Waals surface area contributed by atoms with Gasteiger partial charge in [-0.05, 0) is 24.3 Å². The highest BCUT2D eigenvalue weighted by Gasteiger charge is 2.13. The molecule has 1 heterocycles. The minimum absolute atomic E-state index is 0.168. The highest BCUT2D eigenvalue weighted by atomic mass is 35.5. The van der Waals surface area contributed by atoms with Crippen molar-refractivity contribution in [3.05, 3.63) is 58.0 Å². The van der Waals surface area contributed by atoms with Gasteiger partial charge in [-0.1, -0.05) is 23.2 Å². The van der Waals surface area contributed by atoms with Crippen LogP contribution in [0.4, 0.5) is 0 Å². The van der Waals surface area contributed by atoms with Gasteiger partial charge in [-0.3, -0.25) is 20.4 Å². The van der Waals surface area contributed by atoms with Gasteiger partial charge < -0.3 is 4.42 Å². The molecule has 19 heavy (non-hydrogen) atoms. The number of nitrogens with one attached hydrogen (secondary N) is 2. The highest BCUT2D eigenvalue weighted by molar-refractivity contribution is 6.35. The van der Waals surface area contributed by atoms with Crippen molar-refractivity contribution in [2.75, 3.05) is 0 Å². The maximum absolute atomic E-state index is 11.8. The van der Waals surface area contributed by atoms with E-state index in [4.69, 9.17) is 27.6 Å². The molecule has 2 aromatic rings. The smallest absolute Gasteiger partial charge is 0.272 e. The van der Waals surface area contributed by atoms with Gasteiger partial charge in [-0.2, -0.15) is 0 Å². The Labute approximate surface area is 118 Å². The second-order valence-corrected chi connectivity index (χ2v) is 4.39. The minimum atomic E-state index is -0.565. The molecule has 2 amide bonds. The van der Waals surface area contributed by atoms with Gasteiger partial charge in [0.15, 0.2) is 0 Å². The Morgan fingerprint density at radius 2 is 1.79 bits per heavy atom. The van der Waals surface area contributed by atoms with Crippen molar-refractivity contribution in [1.82, 2.24) is 10.9 Å². The number of benzene rings is 1. The fourth-order valence-corrected chi connectivity index (χ4v) is 1.69. The van der Waals surface area contributed by atoms with Gasteiger partial charge in [0.2, 0.25) is 0 Å². The third-order valence-corrected chi connectivity index (χ3v) is 2.81. The van der Waals surface area contributed by atoms with Crippen LogP contribution in [0.3, 0.4) is 0 Å². The Bertz CT molecular complexity index is 611. The summed E-state index contributed by atoms with van der Waals surface area (Å²) in [4.78, 5) is 23.3. The number of carbonyl (C=O) groups is 2. The molecule has 2 rings (SSSR count). The van der Waals surface area contributed by atoms with Crippen LogP contribution < -0.4 is 10.9 Å². The molecular weight excluding hydrogens is 291 g/mol. The van der Waals surface area contributed by atoms with Crippen molar-refractivity contribution >= 4 is 35.0 Å². The average molecular weight is 299 g/mol. The Hall–Kier alpha value is -1.98. The maximum Gasteiger partial charge on any atom is 0.272 e. The van der Waals surface area contributed by atoms with Gasteiger partial charge in [-0.15, -0.1) is 0 Å². The van der Waals surface area contributed by atoms with Crippen LogP contribution in [0.5, 0.6) is 0 Å². The van der Waals surface area contributed by atoms with Gasteiger partial charge in [0.25, 0.3) is 11.8 Å². The average Bonchev–Trinajstić information content (AvgIpc) is 2.92. The largest absolute Gasteiger partial charge is 0.472 e. The van der Waals surface area contributed by atoms with Crippen LogP contribution in [-0.4, -0.2) is 11.8 Å². The normalized spacial score (nSPS) is 10.0. The van der Waals surface area contributed by atoms with Gasteiger partial charge in [0.1, 0.15) is 6.26 Å². The van der Waals surface area contributed by atoms with Crippen molar-refractivity contribution in [3.63, 3.8) is 0 Å². The number of furan rings is 1. The first-order chi connectivity index (χ1) is 9.08. The van der Waals surface area contributed by atoms with Crippen LogP contribution >= 0.6 is 23.2 Å². The first kappa shape index (κ1) is 13.5. The molecule has 0 saturated carbocycles. The van der Waals surface area contributed by atoms with Crippen molar-refractivity contribution in [2.45, 2.75) is 0 Å². The topological polar surface area (TPSA) is 71.3 Å². The van der Waals surface area contributed by atoms with Crippen LogP contribution in [-0.2, 0) is 0 Å². The predicted molar refractivity (Wildman–Crippen MR) is 70.1 cm³/mol. The van der Waals surface area contributed by atoms with E-state index in [9.17, 15) is 9.59 Å². The lowest BCUT2D eigenvalue weighted by Crippen LogP contribution is -2.41. The van der Waals surface area contributed by atoms with Crippen LogP contribution in [0.25, 0.3) is 0 Å². The van der Waals surface area contributed by atoms with Crippen molar-refractivity contribution < 1.29 is 14.0 Å². The maximum atomic E-state index is 11.8. The van der Waals surface area contributed by atoms with Gasteiger partial charge in [0.05, 0.1) is 22.4 Å². The van der Waals surface area contributed by atoms with E-state index in [-0.39, 0.29) is 16.1 Å². The first-order valence-corrected chi connectivity index (χ1v) is 5.91. The molecule has 0 fully saturated rings. The van der Waals surface area contributed by atoms with Crippen molar-refractivity contribution in [1.29, 1.82) is 0 Å². The van der Waals surface area contributed by atoms with E-state index in [1.807, 2.05) is 0 Å². The fraction of sp³-hybridized carbons (Fsp3) is 0. The van der Waals surface area contributed by atoms with E-state index in [1.54, 1.807) is 6.07 Å². The number of carbonyl (C=O) groups excluding carboxylic acids is 2. The summed E-state index contributed by atoms with van der Waals surface area (Å²) >= 11 is 11.6. The number of halogens is 2. The monoisotopic (exact) mass is 298 g/mol. The Morgan fingerprint density at radius 1 is 1.05 bits per heavy atom. The minimum Gasteiger partial charge on any atom is -0.472 e. The first-order valence-electron chi connectivity index (χ1n) is 5.16. The molecule has 0 aliphatic carbocycles. The molecule has 0 radical (unpaired) electrons. The molecular formula is C12H8Cl2N2O3. The summed E-state index contributed by atoms with van der Waals surface area (Å²) in [6.45, 7) is 0. The molecule has 0 atom stereocenters. The summed E-state index contributed by atoms with van der Waals surface area (Å²) in [5, 5.41) is 0.607. The molecule has 0 bridgehead atoms. The zero-order valence-corrected chi connectivity index (χ0v) is 11.0. The predicted octanol–water partition coefficient (Wildman–Crippen LogP) is 2.66. The Kier molecular flexibility index (Phi) is 4.09. The van der Waals surface area contributed by atoms with Crippen LogP contribution in [0.15, 0.2) is 41.2 Å². The van der Waals surface area contributed by atoms with Crippen molar-refractivity contribution in [3.8, 4) is 0 Å². The third kappa shape index (κ3) is 3.27. The molecule has 0 aliphatic heterocycles. The molecule has 0 saturated heterocycles. The third-order valence-electron chi connectivity index (χ3n) is 2.25. The van der Waals surface area contributed by atoms with E-state index in [0.717, 1.165) is 0 Å². The Morgan fingerprint density at radius 3 is 2.47 bits per heavy atom. The van der Waals surface area contributed by atoms with E-state index in [1.165, 1.54) is 30.7 Å². The quantitative estimate of drug-likeness (QED) is 0.837. The van der Waals surface area contributed by atoms with Gasteiger partial charge in [0, 0.05) is 5.02 Å². The van der Waals surface area contributed by atoms with Crippen molar-refractivity contribution in [2.24, 2.45) is 0 Å². The molecule has 1 aromatic heterocycles. The molecule has 7 heteroatoms. The molecule has 98 valence electrons. The van der Waals surface area contributed by atoms with E-state index >= 15 is 0 Å². The molecule has 5 nitrogen and oxygen atoms in total. The second-order valence-electron chi connectivity index (χ2n) is 3.54. The number of amides is 2. The number of rotatable bonds is 2. The standard InChI is InChI=1S/C12H8Cl2N2O3/c13-8-1-2-10(14)9(5-8)12(18)16-15-11(17)7-3-4-19-6-7/h1-6H,(H,15,17)(H,16,18). The Balaban J connectivity index is 2.02. The zero-order valence-electron chi connectivity index (χ0n) is 9.44. The molecule has 0 spiro atoms. The molecule has 0 unspecified atom stereocenters. The van der Waals surface area contributed by atoms with E-state index in [2.05, 4.69) is 10.9 Å². The summed E-state index contributed by atoms with van der Waals surface area (Å²) in [5.41, 5.74) is 4.92. The summed E-state index contributed by atoms with van der Waals surface area (Å²) in [6, 6.07) is 5.93. The van der Waals surface area contributed by atoms with Crippen LogP contribution in [0, 0.1) is 0 Å². The SMILES string of the molecule is O=C(NNC(=O)c1cc(Cl)ccc1Cl)c1ccoc1. The second kappa shape index (κ2) is 5.77.